The van der Waals surface area contributed by atoms with Crippen LogP contribution in [0, 0.1) is 0 Å². The molecule has 1 amide bonds. The topological polar surface area (TPSA) is 29.5 Å². The minimum absolute atomic E-state index is 0.112. The molecule has 0 aromatic heterocycles. The van der Waals surface area contributed by atoms with Crippen LogP contribution in [0.25, 0.3) is 0 Å². The third-order valence-corrected chi connectivity index (χ3v) is 3.54. The first kappa shape index (κ1) is 17.2. The van der Waals surface area contributed by atoms with Gasteiger partial charge in [-0.3, -0.25) is 4.79 Å². The summed E-state index contributed by atoms with van der Waals surface area (Å²) in [6.07, 6.45) is 0. The number of halogens is 3. The lowest BCUT2D eigenvalue weighted by Gasteiger charge is -2.21. The molecule has 0 saturated carbocycles. The Labute approximate surface area is 134 Å². The van der Waals surface area contributed by atoms with E-state index >= 15 is 0 Å². The number of amides is 1. The van der Waals surface area contributed by atoms with Gasteiger partial charge in [0.2, 0.25) is 0 Å². The Morgan fingerprint density at radius 2 is 1.85 bits per heavy atom. The monoisotopic (exact) mass is 335 g/mol. The van der Waals surface area contributed by atoms with E-state index in [1.807, 2.05) is 13.8 Å². The number of likely N-dealkylation sites (N-methyl/N-ethyl adjacent to an activating group) is 1. The molecule has 1 aromatic rings. The first-order valence-electron chi connectivity index (χ1n) is 6.04. The molecule has 0 saturated heterocycles. The lowest BCUT2D eigenvalue weighted by atomic mass is 10.3. The second kappa shape index (κ2) is 7.77. The van der Waals surface area contributed by atoms with Crippen molar-refractivity contribution < 1.29 is 9.53 Å². The highest BCUT2D eigenvalue weighted by Crippen LogP contribution is 2.33. The predicted molar refractivity (Wildman–Crippen MR) is 84.0 cm³/mol. The van der Waals surface area contributed by atoms with Gasteiger partial charge in [0.05, 0.1) is 15.1 Å². The molecule has 0 spiro atoms. The Morgan fingerprint density at radius 1 is 1.25 bits per heavy atom. The van der Waals surface area contributed by atoms with Gasteiger partial charge in [0.25, 0.3) is 5.91 Å². The fourth-order valence-corrected chi connectivity index (χ4v) is 2.14. The van der Waals surface area contributed by atoms with Crippen LogP contribution in [-0.4, -0.2) is 30.5 Å². The molecule has 0 aliphatic carbocycles. The van der Waals surface area contributed by atoms with Crippen LogP contribution in [0.4, 0.5) is 0 Å². The summed E-state index contributed by atoms with van der Waals surface area (Å²) in [4.78, 5) is 13.7. The van der Waals surface area contributed by atoms with E-state index in [1.54, 1.807) is 4.90 Å². The predicted octanol–water partition coefficient (Wildman–Crippen LogP) is 4.45. The number of rotatable bonds is 6. The van der Waals surface area contributed by atoms with Crippen LogP contribution >= 0.6 is 34.8 Å². The number of carbonyl (C=O) groups excluding carboxylic acids is 1. The van der Waals surface area contributed by atoms with Gasteiger partial charge in [-0.2, -0.15) is 0 Å². The Morgan fingerprint density at radius 3 is 2.40 bits per heavy atom. The maximum Gasteiger partial charge on any atom is 0.260 e. The molecule has 0 heterocycles. The van der Waals surface area contributed by atoms with Crippen LogP contribution in [0.15, 0.2) is 24.3 Å². The van der Waals surface area contributed by atoms with E-state index in [0.29, 0.717) is 33.9 Å². The van der Waals surface area contributed by atoms with E-state index in [-0.39, 0.29) is 12.5 Å². The van der Waals surface area contributed by atoms with Gasteiger partial charge in [-0.25, -0.2) is 0 Å². The van der Waals surface area contributed by atoms with E-state index in [4.69, 9.17) is 39.5 Å². The lowest BCUT2D eigenvalue weighted by Crippen LogP contribution is -2.35. The summed E-state index contributed by atoms with van der Waals surface area (Å²) in [5, 5.41) is 0.982. The number of carbonyl (C=O) groups is 1. The summed E-state index contributed by atoms with van der Waals surface area (Å²) in [5.74, 6) is 0.193. The molecule has 3 nitrogen and oxygen atoms in total. The molecule has 0 bridgehead atoms. The van der Waals surface area contributed by atoms with Crippen molar-refractivity contribution in [2.45, 2.75) is 13.8 Å². The molecular weight excluding hydrogens is 321 g/mol. The van der Waals surface area contributed by atoms with Crippen molar-refractivity contribution >= 4 is 40.7 Å². The minimum atomic E-state index is -0.141. The average molecular weight is 337 g/mol. The van der Waals surface area contributed by atoms with Gasteiger partial charge in [-0.1, -0.05) is 47.0 Å². The molecule has 0 N–H and O–H groups in total. The van der Waals surface area contributed by atoms with Crippen LogP contribution < -0.4 is 4.74 Å². The summed E-state index contributed by atoms with van der Waals surface area (Å²) in [6, 6.07) is 2.98. The highest BCUT2D eigenvalue weighted by molar-refractivity contribution is 6.43. The molecule has 0 fully saturated rings. The molecular formula is C14H16Cl3NO2. The van der Waals surface area contributed by atoms with E-state index in [1.165, 1.54) is 12.1 Å². The first-order chi connectivity index (χ1) is 9.35. The van der Waals surface area contributed by atoms with Gasteiger partial charge in [0.1, 0.15) is 5.75 Å². The van der Waals surface area contributed by atoms with Crippen LogP contribution in [0.5, 0.6) is 5.75 Å². The van der Waals surface area contributed by atoms with Crippen LogP contribution in [-0.2, 0) is 4.79 Å². The standard InChI is InChI=1S/C14H16Cl3NO2/c1-4-18(7-9(2)3)14(19)8-20-13-6-11(16)10(15)5-12(13)17/h5-6H,2,4,7-8H2,1,3H3. The van der Waals surface area contributed by atoms with E-state index in [0.717, 1.165) is 5.57 Å². The molecule has 0 aliphatic heterocycles. The Kier molecular flexibility index (Phi) is 6.66. The number of hydrogen-bond donors (Lipinski definition) is 0. The van der Waals surface area contributed by atoms with Crippen LogP contribution in [0.1, 0.15) is 13.8 Å². The van der Waals surface area contributed by atoms with Crippen molar-refractivity contribution in [1.82, 2.24) is 4.90 Å². The summed E-state index contributed by atoms with van der Waals surface area (Å²) in [6.45, 7) is 8.54. The smallest absolute Gasteiger partial charge is 0.260 e. The van der Waals surface area contributed by atoms with Crippen LogP contribution in [0.3, 0.4) is 0 Å². The fraction of sp³-hybridized carbons (Fsp3) is 0.357. The zero-order valence-corrected chi connectivity index (χ0v) is 13.6. The third kappa shape index (κ3) is 4.89. The molecule has 110 valence electrons. The average Bonchev–Trinajstić information content (AvgIpc) is 2.38. The maximum atomic E-state index is 12.0. The van der Waals surface area contributed by atoms with Gasteiger partial charge in [0, 0.05) is 19.2 Å². The maximum absolute atomic E-state index is 12.0. The molecule has 0 unspecified atom stereocenters. The first-order valence-corrected chi connectivity index (χ1v) is 7.18. The molecule has 20 heavy (non-hydrogen) atoms. The largest absolute Gasteiger partial charge is 0.482 e. The number of nitrogens with zero attached hydrogens (tertiary/aromatic N) is 1. The van der Waals surface area contributed by atoms with Gasteiger partial charge < -0.3 is 9.64 Å². The molecule has 6 heteroatoms. The lowest BCUT2D eigenvalue weighted by molar-refractivity contribution is -0.132. The quantitative estimate of drug-likeness (QED) is 0.567. The van der Waals surface area contributed by atoms with Crippen molar-refractivity contribution in [3.8, 4) is 5.75 Å². The number of ether oxygens (including phenoxy) is 1. The number of benzene rings is 1. The summed E-state index contributed by atoms with van der Waals surface area (Å²) < 4.78 is 5.40. The van der Waals surface area contributed by atoms with Gasteiger partial charge in [0.15, 0.2) is 6.61 Å². The van der Waals surface area contributed by atoms with Crippen molar-refractivity contribution in [3.05, 3.63) is 39.4 Å². The summed E-state index contributed by atoms with van der Waals surface area (Å²) in [5.41, 5.74) is 0.910. The van der Waals surface area contributed by atoms with E-state index in [9.17, 15) is 4.79 Å². The Bertz CT molecular complexity index is 517. The molecule has 0 aliphatic rings. The second-order valence-corrected chi connectivity index (χ2v) is 5.57. The molecule has 0 atom stereocenters. The highest BCUT2D eigenvalue weighted by atomic mass is 35.5. The Hall–Kier alpha value is -0.900. The zero-order valence-electron chi connectivity index (χ0n) is 11.4. The molecule has 1 aromatic carbocycles. The third-order valence-electron chi connectivity index (χ3n) is 2.52. The highest BCUT2D eigenvalue weighted by Gasteiger charge is 2.14. The summed E-state index contributed by atoms with van der Waals surface area (Å²) >= 11 is 17.7. The van der Waals surface area contributed by atoms with Crippen LogP contribution in [0.2, 0.25) is 15.1 Å². The van der Waals surface area contributed by atoms with Gasteiger partial charge in [-0.15, -0.1) is 0 Å². The zero-order chi connectivity index (χ0) is 15.3. The Balaban J connectivity index is 2.69. The molecule has 0 radical (unpaired) electrons. The van der Waals surface area contributed by atoms with E-state index in [2.05, 4.69) is 6.58 Å². The minimum Gasteiger partial charge on any atom is -0.482 e. The summed E-state index contributed by atoms with van der Waals surface area (Å²) in [7, 11) is 0. The van der Waals surface area contributed by atoms with Crippen molar-refractivity contribution in [3.63, 3.8) is 0 Å². The number of hydrogen-bond acceptors (Lipinski definition) is 2. The van der Waals surface area contributed by atoms with Crippen molar-refractivity contribution in [2.75, 3.05) is 19.7 Å². The fourth-order valence-electron chi connectivity index (χ4n) is 1.55. The van der Waals surface area contributed by atoms with Crippen molar-refractivity contribution in [1.29, 1.82) is 0 Å². The van der Waals surface area contributed by atoms with Gasteiger partial charge >= 0.3 is 0 Å². The second-order valence-electron chi connectivity index (χ2n) is 4.35. The normalized spacial score (nSPS) is 10.2. The van der Waals surface area contributed by atoms with Crippen molar-refractivity contribution in [2.24, 2.45) is 0 Å². The van der Waals surface area contributed by atoms with E-state index < -0.39 is 0 Å². The molecule has 1 rings (SSSR count). The SMILES string of the molecule is C=C(C)CN(CC)C(=O)COc1cc(Cl)c(Cl)cc1Cl. The van der Waals surface area contributed by atoms with Gasteiger partial charge in [-0.05, 0) is 19.9 Å².